The second-order valence-corrected chi connectivity index (χ2v) is 6.92. The van der Waals surface area contributed by atoms with Crippen molar-refractivity contribution in [2.75, 3.05) is 43.1 Å². The van der Waals surface area contributed by atoms with Crippen molar-refractivity contribution in [1.82, 2.24) is 4.98 Å². The summed E-state index contributed by atoms with van der Waals surface area (Å²) in [6.45, 7) is 4.03. The van der Waals surface area contributed by atoms with Crippen molar-refractivity contribution in [3.8, 4) is 0 Å². The van der Waals surface area contributed by atoms with Crippen LogP contribution in [0.3, 0.4) is 0 Å². The number of benzene rings is 1. The molecule has 2 heterocycles. The Morgan fingerprint density at radius 3 is 2.81 bits per heavy atom. The summed E-state index contributed by atoms with van der Waals surface area (Å²) in [5.74, 6) is -0.427. The zero-order chi connectivity index (χ0) is 19.2. The molecule has 27 heavy (non-hydrogen) atoms. The van der Waals surface area contributed by atoms with Gasteiger partial charge in [0.1, 0.15) is 11.4 Å². The number of hydrogen-bond donors (Lipinski definition) is 1. The molecule has 0 radical (unpaired) electrons. The fourth-order valence-electron chi connectivity index (χ4n) is 2.71. The van der Waals surface area contributed by atoms with Crippen LogP contribution >= 0.6 is 15.9 Å². The van der Waals surface area contributed by atoms with Crippen LogP contribution in [0.2, 0.25) is 0 Å². The molecule has 1 fully saturated rings. The van der Waals surface area contributed by atoms with E-state index in [1.165, 1.54) is 0 Å². The second kappa shape index (κ2) is 8.96. The van der Waals surface area contributed by atoms with E-state index >= 15 is 0 Å². The minimum atomic E-state index is -0.577. The summed E-state index contributed by atoms with van der Waals surface area (Å²) in [5.41, 5.74) is 1.98. The van der Waals surface area contributed by atoms with E-state index in [0.29, 0.717) is 43.4 Å². The highest BCUT2D eigenvalue weighted by Crippen LogP contribution is 2.21. The first-order valence-electron chi connectivity index (χ1n) is 8.55. The minimum Gasteiger partial charge on any atom is -0.452 e. The van der Waals surface area contributed by atoms with Crippen molar-refractivity contribution in [1.29, 1.82) is 0 Å². The molecule has 3 rings (SSSR count). The number of aryl methyl sites for hydroxylation is 1. The number of anilines is 2. The highest BCUT2D eigenvalue weighted by molar-refractivity contribution is 9.10. The van der Waals surface area contributed by atoms with Crippen molar-refractivity contribution in [3.05, 3.63) is 52.1 Å². The average Bonchev–Trinajstić information content (AvgIpc) is 2.69. The zero-order valence-electron chi connectivity index (χ0n) is 14.9. The van der Waals surface area contributed by atoms with Gasteiger partial charge in [-0.3, -0.25) is 4.79 Å². The SMILES string of the molecule is Cc1cc(NC(=O)COC(=O)c2cccnc2N2CCOCC2)ccc1Br. The molecule has 1 amide bonds. The van der Waals surface area contributed by atoms with Crippen molar-refractivity contribution in [2.24, 2.45) is 0 Å². The van der Waals surface area contributed by atoms with Gasteiger partial charge in [-0.15, -0.1) is 0 Å². The Labute approximate surface area is 165 Å². The van der Waals surface area contributed by atoms with E-state index in [9.17, 15) is 9.59 Å². The number of nitrogens with zero attached hydrogens (tertiary/aromatic N) is 2. The van der Waals surface area contributed by atoms with Crippen LogP contribution < -0.4 is 10.2 Å². The molecule has 0 spiro atoms. The fraction of sp³-hybridized carbons (Fsp3) is 0.316. The lowest BCUT2D eigenvalue weighted by Crippen LogP contribution is -2.37. The largest absolute Gasteiger partial charge is 0.452 e. The number of carbonyl (C=O) groups excluding carboxylic acids is 2. The quantitative estimate of drug-likeness (QED) is 0.730. The number of halogens is 1. The molecule has 2 aromatic rings. The van der Waals surface area contributed by atoms with E-state index in [4.69, 9.17) is 9.47 Å². The molecule has 1 N–H and O–H groups in total. The number of amides is 1. The Hall–Kier alpha value is -2.45. The Morgan fingerprint density at radius 2 is 2.07 bits per heavy atom. The molecule has 0 aliphatic carbocycles. The maximum Gasteiger partial charge on any atom is 0.342 e. The Kier molecular flexibility index (Phi) is 6.41. The molecule has 1 aromatic heterocycles. The maximum absolute atomic E-state index is 12.5. The molecule has 142 valence electrons. The summed E-state index contributed by atoms with van der Waals surface area (Å²) < 4.78 is 11.5. The van der Waals surface area contributed by atoms with Crippen LogP contribution in [0.5, 0.6) is 0 Å². The van der Waals surface area contributed by atoms with Gasteiger partial charge in [0.05, 0.1) is 13.2 Å². The third-order valence-electron chi connectivity index (χ3n) is 4.09. The van der Waals surface area contributed by atoms with Crippen LogP contribution in [0, 0.1) is 6.92 Å². The maximum atomic E-state index is 12.5. The lowest BCUT2D eigenvalue weighted by molar-refractivity contribution is -0.119. The third kappa shape index (κ3) is 5.05. The topological polar surface area (TPSA) is 80.8 Å². The van der Waals surface area contributed by atoms with E-state index in [2.05, 4.69) is 26.2 Å². The van der Waals surface area contributed by atoms with Crippen molar-refractivity contribution >= 4 is 39.3 Å². The molecule has 0 bridgehead atoms. The molecule has 1 aliphatic rings. The van der Waals surface area contributed by atoms with E-state index < -0.39 is 11.9 Å². The van der Waals surface area contributed by atoms with E-state index in [0.717, 1.165) is 10.0 Å². The fourth-order valence-corrected chi connectivity index (χ4v) is 2.96. The first-order chi connectivity index (χ1) is 13.0. The summed E-state index contributed by atoms with van der Waals surface area (Å²) in [5, 5.41) is 2.72. The number of rotatable bonds is 5. The van der Waals surface area contributed by atoms with Gasteiger partial charge < -0.3 is 19.7 Å². The molecule has 1 saturated heterocycles. The minimum absolute atomic E-state index is 0.340. The number of nitrogens with one attached hydrogen (secondary N) is 1. The summed E-state index contributed by atoms with van der Waals surface area (Å²) in [6, 6.07) is 8.78. The Bertz CT molecular complexity index is 837. The molecular weight excluding hydrogens is 414 g/mol. The predicted octanol–water partition coefficient (Wildman–Crippen LogP) is 2.78. The van der Waals surface area contributed by atoms with Crippen LogP contribution in [0.1, 0.15) is 15.9 Å². The Balaban J connectivity index is 1.60. The molecule has 1 aliphatic heterocycles. The smallest absolute Gasteiger partial charge is 0.342 e. The number of morpholine rings is 1. The van der Waals surface area contributed by atoms with Crippen molar-refractivity contribution in [2.45, 2.75) is 6.92 Å². The molecular formula is C19H20BrN3O4. The lowest BCUT2D eigenvalue weighted by atomic mass is 10.2. The summed E-state index contributed by atoms with van der Waals surface area (Å²) in [6.07, 6.45) is 1.63. The van der Waals surface area contributed by atoms with Crippen LogP contribution in [0.25, 0.3) is 0 Å². The number of esters is 1. The van der Waals surface area contributed by atoms with Crippen LogP contribution in [-0.4, -0.2) is 49.8 Å². The van der Waals surface area contributed by atoms with Crippen molar-refractivity contribution < 1.29 is 19.1 Å². The van der Waals surface area contributed by atoms with Gasteiger partial charge in [-0.1, -0.05) is 15.9 Å². The number of hydrogen-bond acceptors (Lipinski definition) is 6. The number of carbonyl (C=O) groups is 2. The monoisotopic (exact) mass is 433 g/mol. The Morgan fingerprint density at radius 1 is 1.30 bits per heavy atom. The lowest BCUT2D eigenvalue weighted by Gasteiger charge is -2.28. The molecule has 7 nitrogen and oxygen atoms in total. The molecule has 8 heteroatoms. The van der Waals surface area contributed by atoms with E-state index in [1.807, 2.05) is 24.0 Å². The number of aromatic nitrogens is 1. The van der Waals surface area contributed by atoms with Gasteiger partial charge in [0, 0.05) is 29.4 Å². The van der Waals surface area contributed by atoms with Gasteiger partial charge >= 0.3 is 5.97 Å². The van der Waals surface area contributed by atoms with Crippen LogP contribution in [0.4, 0.5) is 11.5 Å². The molecule has 0 unspecified atom stereocenters. The number of ether oxygens (including phenoxy) is 2. The van der Waals surface area contributed by atoms with Gasteiger partial charge in [0.25, 0.3) is 5.91 Å². The highest BCUT2D eigenvalue weighted by atomic mass is 79.9. The summed E-state index contributed by atoms with van der Waals surface area (Å²) >= 11 is 3.41. The zero-order valence-corrected chi connectivity index (χ0v) is 16.5. The van der Waals surface area contributed by atoms with E-state index in [1.54, 1.807) is 24.4 Å². The number of pyridine rings is 1. The van der Waals surface area contributed by atoms with Crippen molar-refractivity contribution in [3.63, 3.8) is 0 Å². The predicted molar refractivity (Wildman–Crippen MR) is 105 cm³/mol. The van der Waals surface area contributed by atoms with Gasteiger partial charge in [-0.2, -0.15) is 0 Å². The van der Waals surface area contributed by atoms with Crippen LogP contribution in [-0.2, 0) is 14.3 Å². The molecule has 0 atom stereocenters. The molecule has 1 aromatic carbocycles. The first-order valence-corrected chi connectivity index (χ1v) is 9.35. The van der Waals surface area contributed by atoms with Gasteiger partial charge in [0.2, 0.25) is 0 Å². The second-order valence-electron chi connectivity index (χ2n) is 6.06. The summed E-state index contributed by atoms with van der Waals surface area (Å²) in [4.78, 5) is 30.8. The average molecular weight is 434 g/mol. The van der Waals surface area contributed by atoms with Gasteiger partial charge in [0.15, 0.2) is 6.61 Å². The van der Waals surface area contributed by atoms with Crippen LogP contribution in [0.15, 0.2) is 41.0 Å². The standard InChI is InChI=1S/C19H20BrN3O4/c1-13-11-14(4-5-16(13)20)22-17(24)12-27-19(25)15-3-2-6-21-18(15)23-7-9-26-10-8-23/h2-6,11H,7-10,12H2,1H3,(H,22,24). The third-order valence-corrected chi connectivity index (χ3v) is 4.98. The summed E-state index contributed by atoms with van der Waals surface area (Å²) in [7, 11) is 0. The normalized spacial score (nSPS) is 13.9. The highest BCUT2D eigenvalue weighted by Gasteiger charge is 2.21. The first kappa shape index (κ1) is 19.3. The van der Waals surface area contributed by atoms with Gasteiger partial charge in [-0.05, 0) is 42.8 Å². The van der Waals surface area contributed by atoms with Gasteiger partial charge in [-0.25, -0.2) is 9.78 Å². The molecule has 0 saturated carbocycles. The van der Waals surface area contributed by atoms with E-state index in [-0.39, 0.29) is 6.61 Å².